The Morgan fingerprint density at radius 2 is 1.79 bits per heavy atom. The third-order valence-corrected chi connectivity index (χ3v) is 10.3. The lowest BCUT2D eigenvalue weighted by atomic mass is 9.88. The molecule has 1 aliphatic carbocycles. The number of benzene rings is 1. The third kappa shape index (κ3) is 8.13. The second kappa shape index (κ2) is 15.1. The summed E-state index contributed by atoms with van der Waals surface area (Å²) >= 11 is 0. The van der Waals surface area contributed by atoms with Gasteiger partial charge in [-0.3, -0.25) is 19.5 Å². The van der Waals surface area contributed by atoms with Crippen molar-refractivity contribution in [2.75, 3.05) is 38.6 Å². The Balaban J connectivity index is 1.47. The average Bonchev–Trinajstić information content (AvgIpc) is 3.45. The highest BCUT2D eigenvalue weighted by molar-refractivity contribution is 5.99. The number of likely N-dealkylation sites (tertiary alicyclic amines) is 1. The number of H-pyrrole nitrogens is 1. The Kier molecular flexibility index (Phi) is 11.2. The maximum atomic E-state index is 14.0. The standard InChI is InChI=1S/C38H54N6O3/c1-8-44(31-13-11-30(12-14-31)42(6)7)36-19-28(27-9-10-29(39-20-27)22-43-16-15-32(45)23-43)18-34(26(36)5)37(46)40-21-35-33(24(2)3)17-25(4)41-38(35)47/h9-10,17-20,24,30-32,45H,8,11-16,21-23H2,1-7H3,(H,40,46)(H,41,47)/t30-,31-,32-/m0/s1. The number of amides is 1. The fraction of sp³-hybridized carbons (Fsp3) is 0.553. The molecule has 3 N–H and O–H groups in total. The molecule has 3 heterocycles. The molecule has 2 aromatic heterocycles. The lowest BCUT2D eigenvalue weighted by Crippen LogP contribution is -2.42. The fourth-order valence-electron chi connectivity index (χ4n) is 7.49. The number of hydrogen-bond acceptors (Lipinski definition) is 7. The zero-order valence-corrected chi connectivity index (χ0v) is 29.4. The minimum Gasteiger partial charge on any atom is -0.392 e. The summed E-state index contributed by atoms with van der Waals surface area (Å²) in [6.45, 7) is 13.5. The Bertz CT molecular complexity index is 1590. The molecule has 254 valence electrons. The highest BCUT2D eigenvalue weighted by atomic mass is 16.3. The van der Waals surface area contributed by atoms with Gasteiger partial charge in [0.1, 0.15) is 0 Å². The first-order valence-corrected chi connectivity index (χ1v) is 17.4. The van der Waals surface area contributed by atoms with E-state index in [2.05, 4.69) is 78.1 Å². The van der Waals surface area contributed by atoms with Crippen LogP contribution >= 0.6 is 0 Å². The van der Waals surface area contributed by atoms with Crippen LogP contribution in [-0.4, -0.2) is 82.7 Å². The monoisotopic (exact) mass is 642 g/mol. The van der Waals surface area contributed by atoms with Gasteiger partial charge in [0.15, 0.2) is 0 Å². The normalized spacial score (nSPS) is 20.3. The second-order valence-corrected chi connectivity index (χ2v) is 14.1. The molecule has 2 aliphatic rings. The number of carbonyl (C=O) groups excluding carboxylic acids is 1. The summed E-state index contributed by atoms with van der Waals surface area (Å²) in [5.41, 5.74) is 7.73. The zero-order valence-electron chi connectivity index (χ0n) is 29.4. The van der Waals surface area contributed by atoms with Gasteiger partial charge < -0.3 is 25.2 Å². The van der Waals surface area contributed by atoms with Crippen LogP contribution in [0.1, 0.15) is 97.2 Å². The largest absolute Gasteiger partial charge is 0.392 e. The van der Waals surface area contributed by atoms with Gasteiger partial charge in [0.25, 0.3) is 11.5 Å². The Morgan fingerprint density at radius 3 is 2.38 bits per heavy atom. The van der Waals surface area contributed by atoms with Gasteiger partial charge in [0.05, 0.1) is 11.8 Å². The first-order valence-electron chi connectivity index (χ1n) is 17.4. The number of aromatic amines is 1. The fourth-order valence-corrected chi connectivity index (χ4v) is 7.49. The van der Waals surface area contributed by atoms with Gasteiger partial charge in [-0.1, -0.05) is 19.9 Å². The van der Waals surface area contributed by atoms with Gasteiger partial charge in [0, 0.05) is 79.1 Å². The summed E-state index contributed by atoms with van der Waals surface area (Å²) in [5, 5.41) is 13.0. The summed E-state index contributed by atoms with van der Waals surface area (Å²) in [4.78, 5) is 41.7. The maximum absolute atomic E-state index is 14.0. The van der Waals surface area contributed by atoms with Crippen LogP contribution in [0.3, 0.4) is 0 Å². The number of carbonyl (C=O) groups is 1. The van der Waals surface area contributed by atoms with Crippen molar-refractivity contribution >= 4 is 11.6 Å². The van der Waals surface area contributed by atoms with E-state index in [0.717, 1.165) is 84.5 Å². The Labute approximate surface area is 280 Å². The second-order valence-electron chi connectivity index (χ2n) is 14.1. The van der Waals surface area contributed by atoms with Crippen molar-refractivity contribution in [1.82, 2.24) is 25.1 Å². The predicted octanol–water partition coefficient (Wildman–Crippen LogP) is 5.37. The van der Waals surface area contributed by atoms with E-state index in [4.69, 9.17) is 4.98 Å². The van der Waals surface area contributed by atoms with Gasteiger partial charge in [0.2, 0.25) is 0 Å². The molecule has 1 atom stereocenters. The maximum Gasteiger partial charge on any atom is 0.253 e. The quantitative estimate of drug-likeness (QED) is 0.258. The first-order chi connectivity index (χ1) is 22.4. The van der Waals surface area contributed by atoms with Crippen LogP contribution in [0.2, 0.25) is 0 Å². The molecule has 0 unspecified atom stereocenters. The SMILES string of the molecule is CCN(c1cc(-c2ccc(CN3CC[C@H](O)C3)nc2)cc(C(=O)NCc2c(C(C)C)cc(C)[nH]c2=O)c1C)[C@H]1CC[C@H](N(C)C)CC1. The van der Waals surface area contributed by atoms with Gasteiger partial charge in [-0.15, -0.1) is 0 Å². The molecule has 5 rings (SSSR count). The molecule has 1 saturated heterocycles. The predicted molar refractivity (Wildman–Crippen MR) is 190 cm³/mol. The summed E-state index contributed by atoms with van der Waals surface area (Å²) in [6.07, 6.45) is 6.97. The highest BCUT2D eigenvalue weighted by Crippen LogP contribution is 2.36. The molecular formula is C38H54N6O3. The van der Waals surface area contributed by atoms with E-state index in [9.17, 15) is 14.7 Å². The highest BCUT2D eigenvalue weighted by Gasteiger charge is 2.29. The van der Waals surface area contributed by atoms with Crippen LogP contribution in [0.5, 0.6) is 0 Å². The van der Waals surface area contributed by atoms with E-state index in [1.807, 2.05) is 32.2 Å². The number of aliphatic hydroxyl groups excluding tert-OH is 1. The number of nitrogens with one attached hydrogen (secondary N) is 2. The first kappa shape index (κ1) is 34.8. The number of pyridine rings is 2. The van der Waals surface area contributed by atoms with Crippen molar-refractivity contribution in [3.8, 4) is 11.1 Å². The minimum absolute atomic E-state index is 0.153. The van der Waals surface area contributed by atoms with Gasteiger partial charge in [-0.2, -0.15) is 0 Å². The van der Waals surface area contributed by atoms with Crippen LogP contribution in [0.25, 0.3) is 11.1 Å². The van der Waals surface area contributed by atoms with Crippen LogP contribution < -0.4 is 15.8 Å². The molecule has 9 heteroatoms. The van der Waals surface area contributed by atoms with Gasteiger partial charge in [-0.25, -0.2) is 0 Å². The summed E-state index contributed by atoms with van der Waals surface area (Å²) in [7, 11) is 4.34. The van der Waals surface area contributed by atoms with Crippen molar-refractivity contribution in [3.05, 3.63) is 80.5 Å². The smallest absolute Gasteiger partial charge is 0.253 e. The number of hydrogen-bond donors (Lipinski definition) is 3. The van der Waals surface area contributed by atoms with Gasteiger partial charge in [-0.05, 0) is 114 Å². The number of aliphatic hydroxyl groups is 1. The number of β-amino-alcohol motifs (C(OH)–C–C–N with tert-alkyl or cyclic N) is 1. The number of aryl methyl sites for hydroxylation is 1. The lowest BCUT2D eigenvalue weighted by molar-refractivity contribution is 0.0950. The molecule has 1 aromatic carbocycles. The molecule has 0 bridgehead atoms. The molecule has 0 radical (unpaired) electrons. The molecular weight excluding hydrogens is 588 g/mol. The average molecular weight is 643 g/mol. The van der Waals surface area contributed by atoms with E-state index < -0.39 is 0 Å². The number of anilines is 1. The van der Waals surface area contributed by atoms with Crippen molar-refractivity contribution in [2.45, 2.75) is 104 Å². The Hall–Kier alpha value is -3.53. The van der Waals surface area contributed by atoms with E-state index in [0.29, 0.717) is 36.3 Å². The van der Waals surface area contributed by atoms with E-state index in [1.54, 1.807) is 0 Å². The van der Waals surface area contributed by atoms with Crippen molar-refractivity contribution in [3.63, 3.8) is 0 Å². The van der Waals surface area contributed by atoms with Crippen molar-refractivity contribution in [2.24, 2.45) is 0 Å². The van der Waals surface area contributed by atoms with E-state index >= 15 is 0 Å². The molecule has 1 aliphatic heterocycles. The molecule has 0 spiro atoms. The van der Waals surface area contributed by atoms with Crippen molar-refractivity contribution in [1.29, 1.82) is 0 Å². The van der Waals surface area contributed by atoms with Crippen molar-refractivity contribution < 1.29 is 9.90 Å². The van der Waals surface area contributed by atoms with Crippen LogP contribution in [0.15, 0.2) is 41.3 Å². The summed E-state index contributed by atoms with van der Waals surface area (Å²) < 4.78 is 0. The molecule has 3 aromatic rings. The summed E-state index contributed by atoms with van der Waals surface area (Å²) in [6, 6.07) is 11.3. The van der Waals surface area contributed by atoms with Crippen LogP contribution in [0.4, 0.5) is 5.69 Å². The minimum atomic E-state index is -0.259. The molecule has 47 heavy (non-hydrogen) atoms. The zero-order chi connectivity index (χ0) is 33.8. The number of nitrogens with zero attached hydrogens (tertiary/aromatic N) is 4. The van der Waals surface area contributed by atoms with Crippen LogP contribution in [-0.2, 0) is 13.1 Å². The molecule has 9 nitrogen and oxygen atoms in total. The molecule has 2 fully saturated rings. The molecule has 1 amide bonds. The molecule has 1 saturated carbocycles. The Morgan fingerprint density at radius 1 is 1.06 bits per heavy atom. The number of aromatic nitrogens is 2. The summed E-state index contributed by atoms with van der Waals surface area (Å²) in [5.74, 6) is -0.0314. The van der Waals surface area contributed by atoms with E-state index in [-0.39, 0.29) is 30.0 Å². The van der Waals surface area contributed by atoms with Gasteiger partial charge >= 0.3 is 0 Å². The van der Waals surface area contributed by atoms with E-state index in [1.165, 1.54) is 0 Å². The number of rotatable bonds is 11. The third-order valence-electron chi connectivity index (χ3n) is 10.3. The topological polar surface area (TPSA) is 105 Å². The van der Waals surface area contributed by atoms with Crippen LogP contribution in [0, 0.1) is 13.8 Å². The lowest BCUT2D eigenvalue weighted by Gasteiger charge is -2.40.